The quantitative estimate of drug-likeness (QED) is 0.532. The fourth-order valence-electron chi connectivity index (χ4n) is 6.49. The maximum Gasteiger partial charge on any atom is 0.274 e. The zero-order valence-corrected chi connectivity index (χ0v) is 22.4. The van der Waals surface area contributed by atoms with Crippen LogP contribution in [0.3, 0.4) is 0 Å². The number of likely N-dealkylation sites (tertiary alicyclic amines) is 1. The van der Waals surface area contributed by atoms with Gasteiger partial charge in [-0.3, -0.25) is 9.59 Å². The Morgan fingerprint density at radius 1 is 1.21 bits per heavy atom. The summed E-state index contributed by atoms with van der Waals surface area (Å²) in [7, 11) is 0. The monoisotopic (exact) mass is 537 g/mol. The molecule has 0 aromatic carbocycles. The van der Waals surface area contributed by atoms with E-state index in [4.69, 9.17) is 14.5 Å². The van der Waals surface area contributed by atoms with Crippen molar-refractivity contribution < 1.29 is 23.5 Å². The van der Waals surface area contributed by atoms with Crippen LogP contribution in [0, 0.1) is 5.41 Å². The fourth-order valence-corrected chi connectivity index (χ4v) is 6.49. The topological polar surface area (TPSA) is 106 Å². The van der Waals surface area contributed by atoms with Crippen molar-refractivity contribution in [1.29, 1.82) is 0 Å². The molecule has 0 radical (unpaired) electrons. The summed E-state index contributed by atoms with van der Waals surface area (Å²) in [5.41, 5.74) is -0.154. The first-order valence-corrected chi connectivity index (χ1v) is 14.1. The molecule has 208 valence electrons. The Hall–Kier alpha value is -3.27. The van der Waals surface area contributed by atoms with E-state index in [1.807, 2.05) is 25.1 Å². The van der Waals surface area contributed by atoms with Crippen LogP contribution < -0.4 is 20.1 Å². The van der Waals surface area contributed by atoms with E-state index in [9.17, 15) is 14.0 Å². The molecular weight excluding hydrogens is 501 g/mol. The Kier molecular flexibility index (Phi) is 6.91. The first-order valence-electron chi connectivity index (χ1n) is 14.1. The van der Waals surface area contributed by atoms with Crippen LogP contribution in [0.15, 0.2) is 30.5 Å². The summed E-state index contributed by atoms with van der Waals surface area (Å²) in [6.07, 6.45) is 6.22. The number of rotatable bonds is 8. The van der Waals surface area contributed by atoms with Crippen molar-refractivity contribution in [1.82, 2.24) is 25.5 Å². The lowest BCUT2D eigenvalue weighted by atomic mass is 9.61. The number of carbonyl (C=O) groups is 2. The number of pyridine rings is 2. The molecule has 2 aromatic heterocycles. The van der Waals surface area contributed by atoms with Gasteiger partial charge in [-0.2, -0.15) is 0 Å². The van der Waals surface area contributed by atoms with Crippen LogP contribution in [0.25, 0.3) is 11.3 Å². The molecule has 2 saturated carbocycles. The second kappa shape index (κ2) is 10.4. The van der Waals surface area contributed by atoms with Gasteiger partial charge in [-0.1, -0.05) is 0 Å². The molecule has 10 heteroatoms. The van der Waals surface area contributed by atoms with Crippen LogP contribution in [0.4, 0.5) is 4.39 Å². The van der Waals surface area contributed by atoms with Gasteiger partial charge < -0.3 is 25.0 Å². The van der Waals surface area contributed by atoms with E-state index in [0.29, 0.717) is 55.4 Å². The number of hydrogen-bond acceptors (Lipinski definition) is 7. The van der Waals surface area contributed by atoms with Crippen molar-refractivity contribution in [3.05, 3.63) is 36.2 Å². The van der Waals surface area contributed by atoms with Gasteiger partial charge in [0.15, 0.2) is 17.1 Å². The third-order valence-electron chi connectivity index (χ3n) is 8.53. The van der Waals surface area contributed by atoms with Crippen molar-refractivity contribution in [3.8, 4) is 22.9 Å². The lowest BCUT2D eigenvalue weighted by molar-refractivity contribution is -0.171. The van der Waals surface area contributed by atoms with E-state index in [1.165, 1.54) is 0 Å². The van der Waals surface area contributed by atoms with E-state index in [2.05, 4.69) is 15.6 Å². The molecule has 39 heavy (non-hydrogen) atoms. The second-order valence-electron chi connectivity index (χ2n) is 11.5. The van der Waals surface area contributed by atoms with Gasteiger partial charge in [-0.25, -0.2) is 14.4 Å². The summed E-state index contributed by atoms with van der Waals surface area (Å²) in [4.78, 5) is 36.8. The zero-order valence-electron chi connectivity index (χ0n) is 22.4. The van der Waals surface area contributed by atoms with Crippen molar-refractivity contribution in [2.45, 2.75) is 69.7 Å². The maximum absolute atomic E-state index is 14.9. The molecular formula is C29H36FN5O4. The molecule has 2 aromatic rings. The fraction of sp³-hybridized carbons (Fsp3) is 0.586. The molecule has 2 amide bonds. The van der Waals surface area contributed by atoms with Crippen molar-refractivity contribution in [2.24, 2.45) is 5.41 Å². The Balaban J connectivity index is 1.15. The number of nitrogens with one attached hydrogen (secondary N) is 2. The first kappa shape index (κ1) is 26.0. The van der Waals surface area contributed by atoms with E-state index in [1.54, 1.807) is 17.2 Å². The lowest BCUT2D eigenvalue weighted by Gasteiger charge is -2.59. The van der Waals surface area contributed by atoms with Crippen LogP contribution >= 0.6 is 0 Å². The van der Waals surface area contributed by atoms with Crippen LogP contribution in [0.1, 0.15) is 62.4 Å². The standard InChI is InChI=1S/C29H36FN5O4/c1-2-38-26-21(6-5-12-32-26)22-7-8-23(24(34-22)25(36)33-19-9-13-31-16-19)39-20-14-28(15-20)17-35(18-28)27(37)29(30)10-3-4-11-29/h5-8,12,19-20,31H,2-4,9-11,13-18H2,1H3,(H,33,36)/t19-/m1/s1. The summed E-state index contributed by atoms with van der Waals surface area (Å²) >= 11 is 0. The minimum atomic E-state index is -1.66. The van der Waals surface area contributed by atoms with E-state index in [-0.39, 0.29) is 35.1 Å². The molecule has 2 aliphatic carbocycles. The van der Waals surface area contributed by atoms with Gasteiger partial charge in [-0.15, -0.1) is 0 Å². The molecule has 1 atom stereocenters. The highest BCUT2D eigenvalue weighted by atomic mass is 19.1. The van der Waals surface area contributed by atoms with Crippen LogP contribution in [0.5, 0.6) is 11.6 Å². The van der Waals surface area contributed by atoms with Crippen molar-refractivity contribution >= 4 is 11.8 Å². The molecule has 0 unspecified atom stereocenters. The van der Waals surface area contributed by atoms with E-state index < -0.39 is 5.67 Å². The normalized spacial score (nSPS) is 23.2. The number of ether oxygens (including phenoxy) is 2. The largest absolute Gasteiger partial charge is 0.488 e. The molecule has 2 aliphatic heterocycles. The summed E-state index contributed by atoms with van der Waals surface area (Å²) in [6, 6.07) is 7.34. The zero-order chi connectivity index (χ0) is 27.0. The van der Waals surface area contributed by atoms with Gasteiger partial charge in [-0.05, 0) is 82.7 Å². The molecule has 4 heterocycles. The van der Waals surface area contributed by atoms with Crippen LogP contribution in [-0.4, -0.2) is 77.3 Å². The van der Waals surface area contributed by atoms with Gasteiger partial charge in [0.25, 0.3) is 11.8 Å². The minimum Gasteiger partial charge on any atom is -0.488 e. The SMILES string of the molecule is CCOc1ncccc1-c1ccc(OC2CC3(C2)CN(C(=O)C2(F)CCCC2)C3)c(C(=O)N[C@@H]2CCNC2)n1. The highest BCUT2D eigenvalue weighted by Gasteiger charge is 2.58. The van der Waals surface area contributed by atoms with Crippen molar-refractivity contribution in [3.63, 3.8) is 0 Å². The predicted molar refractivity (Wildman–Crippen MR) is 142 cm³/mol. The number of alkyl halides is 1. The molecule has 2 saturated heterocycles. The third kappa shape index (κ3) is 5.06. The highest BCUT2D eigenvalue weighted by Crippen LogP contribution is 2.51. The van der Waals surface area contributed by atoms with E-state index >= 15 is 0 Å². The minimum absolute atomic E-state index is 0.0112. The molecule has 9 nitrogen and oxygen atoms in total. The molecule has 2 N–H and O–H groups in total. The molecule has 4 fully saturated rings. The highest BCUT2D eigenvalue weighted by molar-refractivity contribution is 5.96. The van der Waals surface area contributed by atoms with Gasteiger partial charge >= 0.3 is 0 Å². The van der Waals surface area contributed by atoms with E-state index in [0.717, 1.165) is 45.2 Å². The molecule has 4 aliphatic rings. The number of amides is 2. The summed E-state index contributed by atoms with van der Waals surface area (Å²) in [6.45, 7) is 5.10. The number of aromatic nitrogens is 2. The summed E-state index contributed by atoms with van der Waals surface area (Å²) in [5.74, 6) is 0.286. The summed E-state index contributed by atoms with van der Waals surface area (Å²) in [5, 5.41) is 6.34. The van der Waals surface area contributed by atoms with Gasteiger partial charge in [0.2, 0.25) is 5.88 Å². The van der Waals surface area contributed by atoms with Crippen LogP contribution in [0.2, 0.25) is 0 Å². The molecule has 6 rings (SSSR count). The average molecular weight is 538 g/mol. The van der Waals surface area contributed by atoms with Gasteiger partial charge in [0.05, 0.1) is 17.9 Å². The Bertz CT molecular complexity index is 1230. The average Bonchev–Trinajstić information content (AvgIpc) is 3.57. The number of hydrogen-bond donors (Lipinski definition) is 2. The van der Waals surface area contributed by atoms with Crippen LogP contribution in [-0.2, 0) is 4.79 Å². The lowest BCUT2D eigenvalue weighted by Crippen LogP contribution is -2.68. The number of halogens is 1. The number of nitrogens with zero attached hydrogens (tertiary/aromatic N) is 3. The van der Waals surface area contributed by atoms with Gasteiger partial charge in [0.1, 0.15) is 6.10 Å². The first-order chi connectivity index (χ1) is 18.9. The smallest absolute Gasteiger partial charge is 0.274 e. The Morgan fingerprint density at radius 3 is 2.72 bits per heavy atom. The second-order valence-corrected chi connectivity index (χ2v) is 11.5. The Labute approximate surface area is 227 Å². The van der Waals surface area contributed by atoms with Crippen molar-refractivity contribution in [2.75, 3.05) is 32.8 Å². The molecule has 1 spiro atoms. The maximum atomic E-state index is 14.9. The van der Waals surface area contributed by atoms with Gasteiger partial charge in [0, 0.05) is 37.3 Å². The Morgan fingerprint density at radius 2 is 2.00 bits per heavy atom. The molecule has 0 bridgehead atoms. The predicted octanol–water partition coefficient (Wildman–Crippen LogP) is 3.29. The summed E-state index contributed by atoms with van der Waals surface area (Å²) < 4.78 is 26.9. The number of carbonyl (C=O) groups excluding carboxylic acids is 2. The third-order valence-corrected chi connectivity index (χ3v) is 8.53.